The van der Waals surface area contributed by atoms with Gasteiger partial charge in [0.1, 0.15) is 0 Å². The number of hydrogen-bond donors (Lipinski definition) is 1. The molecule has 2 heterocycles. The predicted octanol–water partition coefficient (Wildman–Crippen LogP) is 2.33. The highest BCUT2D eigenvalue weighted by molar-refractivity contribution is 5.26. The van der Waals surface area contributed by atoms with Crippen molar-refractivity contribution >= 4 is 0 Å². The number of aromatic nitrogens is 2. The largest absolute Gasteiger partial charge is 0.352 e. The van der Waals surface area contributed by atoms with Crippen molar-refractivity contribution in [3.63, 3.8) is 0 Å². The molecule has 0 aromatic carbocycles. The maximum atomic E-state index is 4.29. The molecule has 0 saturated heterocycles. The molecule has 2 aromatic heterocycles. The van der Waals surface area contributed by atoms with Crippen LogP contribution < -0.4 is 5.32 Å². The Balaban J connectivity index is 1.92. The Hall–Kier alpha value is -1.61. The molecule has 0 amide bonds. The SMILES string of the molecule is Cc1cc(CNCc2ccccn2)c(C)n1C. The maximum absolute atomic E-state index is 4.29. The van der Waals surface area contributed by atoms with E-state index in [4.69, 9.17) is 0 Å². The molecule has 0 saturated carbocycles. The van der Waals surface area contributed by atoms with Gasteiger partial charge in [0, 0.05) is 37.7 Å². The van der Waals surface area contributed by atoms with E-state index >= 15 is 0 Å². The van der Waals surface area contributed by atoms with Crippen molar-refractivity contribution in [2.24, 2.45) is 7.05 Å². The molecule has 3 heteroatoms. The summed E-state index contributed by atoms with van der Waals surface area (Å²) in [5, 5.41) is 3.42. The first-order chi connectivity index (χ1) is 8.18. The first-order valence-electron chi connectivity index (χ1n) is 5.91. The lowest BCUT2D eigenvalue weighted by Gasteiger charge is -2.05. The molecule has 0 aliphatic carbocycles. The summed E-state index contributed by atoms with van der Waals surface area (Å²) in [7, 11) is 2.10. The molecule has 1 N–H and O–H groups in total. The highest BCUT2D eigenvalue weighted by Gasteiger charge is 2.05. The van der Waals surface area contributed by atoms with Gasteiger partial charge in [-0.3, -0.25) is 4.98 Å². The van der Waals surface area contributed by atoms with E-state index < -0.39 is 0 Å². The fourth-order valence-corrected chi connectivity index (χ4v) is 1.94. The number of nitrogens with zero attached hydrogens (tertiary/aromatic N) is 2. The van der Waals surface area contributed by atoms with Crippen molar-refractivity contribution in [2.75, 3.05) is 0 Å². The smallest absolute Gasteiger partial charge is 0.0541 e. The van der Waals surface area contributed by atoms with Crippen LogP contribution in [0.5, 0.6) is 0 Å². The summed E-state index contributed by atoms with van der Waals surface area (Å²) in [6.45, 7) is 6.00. The molecule has 2 rings (SSSR count). The minimum absolute atomic E-state index is 0.814. The molecule has 0 radical (unpaired) electrons. The number of nitrogens with one attached hydrogen (secondary N) is 1. The monoisotopic (exact) mass is 229 g/mol. The van der Waals surface area contributed by atoms with Gasteiger partial charge in [-0.2, -0.15) is 0 Å². The minimum Gasteiger partial charge on any atom is -0.352 e. The van der Waals surface area contributed by atoms with E-state index in [0.29, 0.717) is 0 Å². The van der Waals surface area contributed by atoms with E-state index in [1.54, 1.807) is 0 Å². The van der Waals surface area contributed by atoms with E-state index in [9.17, 15) is 0 Å². The van der Waals surface area contributed by atoms with Gasteiger partial charge in [0.2, 0.25) is 0 Å². The fourth-order valence-electron chi connectivity index (χ4n) is 1.94. The van der Waals surface area contributed by atoms with Crippen LogP contribution in [0.15, 0.2) is 30.5 Å². The average molecular weight is 229 g/mol. The van der Waals surface area contributed by atoms with Gasteiger partial charge in [-0.05, 0) is 37.6 Å². The standard InChI is InChI=1S/C14H19N3/c1-11-8-13(12(2)17(11)3)9-15-10-14-6-4-5-7-16-14/h4-8,15H,9-10H2,1-3H3. The third kappa shape index (κ3) is 2.74. The van der Waals surface area contributed by atoms with Crippen LogP contribution >= 0.6 is 0 Å². The highest BCUT2D eigenvalue weighted by Crippen LogP contribution is 2.12. The van der Waals surface area contributed by atoms with Crippen LogP contribution in [0, 0.1) is 13.8 Å². The highest BCUT2D eigenvalue weighted by atomic mass is 15.0. The molecular weight excluding hydrogens is 210 g/mol. The summed E-state index contributed by atoms with van der Waals surface area (Å²) in [5.41, 5.74) is 5.08. The molecule has 3 nitrogen and oxygen atoms in total. The van der Waals surface area contributed by atoms with Gasteiger partial charge in [0.25, 0.3) is 0 Å². The molecule has 0 atom stereocenters. The summed E-state index contributed by atoms with van der Waals surface area (Å²) in [6, 6.07) is 8.23. The Labute approximate surface area is 103 Å². The lowest BCUT2D eigenvalue weighted by atomic mass is 10.2. The van der Waals surface area contributed by atoms with Crippen molar-refractivity contribution in [1.29, 1.82) is 0 Å². The molecular formula is C14H19N3. The van der Waals surface area contributed by atoms with Crippen molar-refractivity contribution in [1.82, 2.24) is 14.9 Å². The second-order valence-electron chi connectivity index (χ2n) is 4.38. The lowest BCUT2D eigenvalue weighted by Crippen LogP contribution is -2.14. The lowest BCUT2D eigenvalue weighted by molar-refractivity contribution is 0.674. The van der Waals surface area contributed by atoms with E-state index in [1.807, 2.05) is 24.4 Å². The van der Waals surface area contributed by atoms with Crippen LogP contribution in [0.1, 0.15) is 22.6 Å². The van der Waals surface area contributed by atoms with Crippen LogP contribution in [0.2, 0.25) is 0 Å². The Morgan fingerprint density at radius 3 is 2.65 bits per heavy atom. The summed E-state index contributed by atoms with van der Waals surface area (Å²) in [6.07, 6.45) is 1.83. The zero-order valence-electron chi connectivity index (χ0n) is 10.7. The summed E-state index contributed by atoms with van der Waals surface area (Å²) in [4.78, 5) is 4.29. The first kappa shape index (κ1) is 11.9. The van der Waals surface area contributed by atoms with Gasteiger partial charge in [-0.15, -0.1) is 0 Å². The normalized spacial score (nSPS) is 10.8. The molecule has 0 aliphatic rings. The van der Waals surface area contributed by atoms with E-state index in [0.717, 1.165) is 18.8 Å². The second-order valence-corrected chi connectivity index (χ2v) is 4.38. The Morgan fingerprint density at radius 2 is 2.06 bits per heavy atom. The number of aryl methyl sites for hydroxylation is 1. The topological polar surface area (TPSA) is 29.9 Å². The van der Waals surface area contributed by atoms with Crippen LogP contribution in [-0.2, 0) is 20.1 Å². The quantitative estimate of drug-likeness (QED) is 0.872. The number of pyridine rings is 1. The molecule has 0 spiro atoms. The van der Waals surface area contributed by atoms with Gasteiger partial charge in [-0.1, -0.05) is 6.07 Å². The molecule has 0 fully saturated rings. The fraction of sp³-hybridized carbons (Fsp3) is 0.357. The third-order valence-corrected chi connectivity index (χ3v) is 3.23. The summed E-state index contributed by atoms with van der Waals surface area (Å²) < 4.78 is 2.22. The van der Waals surface area contributed by atoms with Crippen LogP contribution in [0.3, 0.4) is 0 Å². The zero-order chi connectivity index (χ0) is 12.3. The Bertz CT molecular complexity index is 486. The van der Waals surface area contributed by atoms with Crippen molar-refractivity contribution in [2.45, 2.75) is 26.9 Å². The average Bonchev–Trinajstić information content (AvgIpc) is 2.59. The van der Waals surface area contributed by atoms with E-state index in [1.165, 1.54) is 17.0 Å². The maximum Gasteiger partial charge on any atom is 0.0541 e. The van der Waals surface area contributed by atoms with Gasteiger partial charge < -0.3 is 9.88 Å². The van der Waals surface area contributed by atoms with Crippen LogP contribution in [0.25, 0.3) is 0 Å². The summed E-state index contributed by atoms with van der Waals surface area (Å²) in [5.74, 6) is 0. The summed E-state index contributed by atoms with van der Waals surface area (Å²) >= 11 is 0. The van der Waals surface area contributed by atoms with Gasteiger partial charge in [-0.25, -0.2) is 0 Å². The molecule has 0 bridgehead atoms. The van der Waals surface area contributed by atoms with Crippen LogP contribution in [-0.4, -0.2) is 9.55 Å². The molecule has 17 heavy (non-hydrogen) atoms. The Morgan fingerprint density at radius 1 is 1.24 bits per heavy atom. The number of hydrogen-bond acceptors (Lipinski definition) is 2. The van der Waals surface area contributed by atoms with Crippen molar-refractivity contribution < 1.29 is 0 Å². The van der Waals surface area contributed by atoms with Gasteiger partial charge in [0.15, 0.2) is 0 Å². The van der Waals surface area contributed by atoms with Crippen molar-refractivity contribution in [3.8, 4) is 0 Å². The minimum atomic E-state index is 0.814. The van der Waals surface area contributed by atoms with E-state index in [-0.39, 0.29) is 0 Å². The number of rotatable bonds is 4. The third-order valence-electron chi connectivity index (χ3n) is 3.23. The molecule has 90 valence electrons. The predicted molar refractivity (Wildman–Crippen MR) is 69.7 cm³/mol. The Kier molecular flexibility index (Phi) is 3.59. The second kappa shape index (κ2) is 5.15. The molecule has 2 aromatic rings. The zero-order valence-corrected chi connectivity index (χ0v) is 10.7. The van der Waals surface area contributed by atoms with E-state index in [2.05, 4.69) is 41.8 Å². The van der Waals surface area contributed by atoms with Gasteiger partial charge in [0.05, 0.1) is 5.69 Å². The first-order valence-corrected chi connectivity index (χ1v) is 5.91. The van der Waals surface area contributed by atoms with Gasteiger partial charge >= 0.3 is 0 Å². The molecule has 0 aliphatic heterocycles. The van der Waals surface area contributed by atoms with Crippen molar-refractivity contribution in [3.05, 3.63) is 53.1 Å². The molecule has 0 unspecified atom stereocenters. The van der Waals surface area contributed by atoms with Crippen LogP contribution in [0.4, 0.5) is 0 Å².